The number of nitrogens with one attached hydrogen (secondary N) is 1. The van der Waals surface area contributed by atoms with Gasteiger partial charge in [-0.05, 0) is 57.2 Å². The van der Waals surface area contributed by atoms with Gasteiger partial charge in [-0.2, -0.15) is 0 Å². The first-order valence-corrected chi connectivity index (χ1v) is 11.5. The minimum absolute atomic E-state index is 0.0566. The number of nitrogens with zero attached hydrogens (tertiary/aromatic N) is 1. The predicted molar refractivity (Wildman–Crippen MR) is 122 cm³/mol. The number of benzene rings is 3. The van der Waals surface area contributed by atoms with Crippen LogP contribution in [-0.2, 0) is 16.4 Å². The fourth-order valence-corrected chi connectivity index (χ4v) is 5.07. The lowest BCUT2D eigenvalue weighted by Crippen LogP contribution is -2.20. The molecule has 0 spiro atoms. The highest BCUT2D eigenvalue weighted by Gasteiger charge is 2.25. The average molecular weight is 421 g/mol. The summed E-state index contributed by atoms with van der Waals surface area (Å²) < 4.78 is 27.6. The molecule has 0 aliphatic heterocycles. The van der Waals surface area contributed by atoms with E-state index in [0.717, 1.165) is 28.4 Å². The fourth-order valence-electron chi connectivity index (χ4n) is 3.83. The summed E-state index contributed by atoms with van der Waals surface area (Å²) >= 11 is 0. The first kappa shape index (κ1) is 20.2. The van der Waals surface area contributed by atoms with E-state index in [1.54, 1.807) is 32.0 Å². The van der Waals surface area contributed by atoms with Crippen molar-refractivity contribution in [1.29, 1.82) is 0 Å². The number of anilines is 1. The van der Waals surface area contributed by atoms with Crippen molar-refractivity contribution in [2.45, 2.75) is 37.5 Å². The summed E-state index contributed by atoms with van der Waals surface area (Å²) in [6.07, 6.45) is 0. The Hall–Kier alpha value is -3.12. The van der Waals surface area contributed by atoms with Gasteiger partial charge >= 0.3 is 0 Å². The van der Waals surface area contributed by atoms with E-state index in [1.807, 2.05) is 30.3 Å². The number of rotatable bonds is 5. The van der Waals surface area contributed by atoms with Crippen molar-refractivity contribution in [3.8, 4) is 0 Å². The van der Waals surface area contributed by atoms with E-state index in [1.165, 1.54) is 6.07 Å². The number of carbonyl (C=O) groups excluding carboxylic acids is 1. The minimum Gasteiger partial charge on any atom is -0.341 e. The molecule has 4 aromatic rings. The zero-order valence-electron chi connectivity index (χ0n) is 17.2. The molecule has 0 fully saturated rings. The highest BCUT2D eigenvalue weighted by atomic mass is 32.2. The Morgan fingerprint density at radius 3 is 2.33 bits per heavy atom. The van der Waals surface area contributed by atoms with Crippen LogP contribution in [0.4, 0.5) is 5.69 Å². The van der Waals surface area contributed by atoms with Crippen LogP contribution in [0.3, 0.4) is 0 Å². The second-order valence-electron chi connectivity index (χ2n) is 7.54. The number of aromatic nitrogens is 1. The summed E-state index contributed by atoms with van der Waals surface area (Å²) in [7, 11) is -3.57. The Labute approximate surface area is 176 Å². The summed E-state index contributed by atoms with van der Waals surface area (Å²) in [6.45, 7) is 6.17. The van der Waals surface area contributed by atoms with Crippen molar-refractivity contribution in [3.63, 3.8) is 0 Å². The van der Waals surface area contributed by atoms with Gasteiger partial charge in [-0.3, -0.25) is 4.79 Å². The number of hydrogen-bond donors (Lipinski definition) is 1. The lowest BCUT2D eigenvalue weighted by molar-refractivity contribution is 0.102. The minimum atomic E-state index is -3.57. The standard InChI is InChI=1S/C24H24N2O3S/c1-4-26-21-11-7-5-9-18(21)20-15-17(13-14-22(20)26)25-24(27)19-10-6-8-12-23(19)30(28,29)16(2)3/h5-16H,4H2,1-3H3,(H,25,27). The predicted octanol–water partition coefficient (Wildman–Crippen LogP) is 5.25. The SMILES string of the molecule is CCn1c2ccccc2c2cc(NC(=O)c3ccccc3S(=O)(=O)C(C)C)ccc21. The third-order valence-corrected chi connectivity index (χ3v) is 7.62. The van der Waals surface area contributed by atoms with Gasteiger partial charge in [0.2, 0.25) is 0 Å². The zero-order valence-corrected chi connectivity index (χ0v) is 18.0. The lowest BCUT2D eigenvalue weighted by Gasteiger charge is -2.13. The highest BCUT2D eigenvalue weighted by molar-refractivity contribution is 7.92. The fraction of sp³-hybridized carbons (Fsp3) is 0.208. The molecule has 0 unspecified atom stereocenters. The molecule has 6 heteroatoms. The van der Waals surface area contributed by atoms with Crippen LogP contribution >= 0.6 is 0 Å². The van der Waals surface area contributed by atoms with Crippen LogP contribution in [0.2, 0.25) is 0 Å². The molecule has 30 heavy (non-hydrogen) atoms. The van der Waals surface area contributed by atoms with E-state index in [2.05, 4.69) is 28.9 Å². The summed E-state index contributed by atoms with van der Waals surface area (Å²) in [4.78, 5) is 13.0. The molecule has 0 atom stereocenters. The molecule has 0 aliphatic rings. The lowest BCUT2D eigenvalue weighted by atomic mass is 10.1. The molecule has 0 bridgehead atoms. The molecule has 0 aliphatic carbocycles. The molecule has 4 rings (SSSR count). The molecule has 0 saturated heterocycles. The van der Waals surface area contributed by atoms with Gasteiger partial charge in [0.05, 0.1) is 15.7 Å². The van der Waals surface area contributed by atoms with Gasteiger partial charge in [0, 0.05) is 34.0 Å². The Balaban J connectivity index is 1.76. The van der Waals surface area contributed by atoms with Crippen molar-refractivity contribution in [3.05, 3.63) is 72.3 Å². The molecular weight excluding hydrogens is 396 g/mol. The average Bonchev–Trinajstić information content (AvgIpc) is 3.06. The first-order valence-electron chi connectivity index (χ1n) is 10.00. The van der Waals surface area contributed by atoms with Crippen molar-refractivity contribution in [1.82, 2.24) is 4.57 Å². The summed E-state index contributed by atoms with van der Waals surface area (Å²) in [5.74, 6) is -0.437. The monoisotopic (exact) mass is 420 g/mol. The zero-order chi connectivity index (χ0) is 21.5. The maximum absolute atomic E-state index is 13.0. The summed E-state index contributed by atoms with van der Waals surface area (Å²) in [5, 5.41) is 4.44. The van der Waals surface area contributed by atoms with Gasteiger partial charge in [-0.15, -0.1) is 0 Å². The van der Waals surface area contributed by atoms with E-state index >= 15 is 0 Å². The van der Waals surface area contributed by atoms with E-state index in [4.69, 9.17) is 0 Å². The van der Waals surface area contributed by atoms with Crippen molar-refractivity contribution in [2.75, 3.05) is 5.32 Å². The van der Waals surface area contributed by atoms with Crippen LogP contribution in [0.1, 0.15) is 31.1 Å². The molecule has 5 nitrogen and oxygen atoms in total. The van der Waals surface area contributed by atoms with Crippen molar-refractivity contribution < 1.29 is 13.2 Å². The third kappa shape index (κ3) is 3.27. The van der Waals surface area contributed by atoms with Gasteiger partial charge in [0.15, 0.2) is 9.84 Å². The summed E-state index contributed by atoms with van der Waals surface area (Å²) in [5.41, 5.74) is 3.02. The molecule has 0 saturated carbocycles. The largest absolute Gasteiger partial charge is 0.341 e. The maximum atomic E-state index is 13.0. The number of para-hydroxylation sites is 1. The molecule has 154 valence electrons. The van der Waals surface area contributed by atoms with Crippen LogP contribution in [0.25, 0.3) is 21.8 Å². The molecular formula is C24H24N2O3S. The molecule has 1 amide bonds. The van der Waals surface area contributed by atoms with Gasteiger partial charge in [0.1, 0.15) is 0 Å². The number of aryl methyl sites for hydroxylation is 1. The van der Waals surface area contributed by atoms with Crippen molar-refractivity contribution >= 4 is 43.2 Å². The molecule has 1 N–H and O–H groups in total. The molecule has 0 radical (unpaired) electrons. The smallest absolute Gasteiger partial charge is 0.256 e. The Bertz CT molecular complexity index is 1370. The van der Waals surface area contributed by atoms with Crippen molar-refractivity contribution in [2.24, 2.45) is 0 Å². The Kier molecular flexibility index (Phi) is 5.12. The second-order valence-corrected chi connectivity index (χ2v) is 10.0. The number of amides is 1. The van der Waals surface area contributed by atoms with E-state index < -0.39 is 21.0 Å². The molecule has 3 aromatic carbocycles. The van der Waals surface area contributed by atoms with Gasteiger partial charge in [0.25, 0.3) is 5.91 Å². The van der Waals surface area contributed by atoms with Crippen LogP contribution in [0.5, 0.6) is 0 Å². The highest BCUT2D eigenvalue weighted by Crippen LogP contribution is 2.31. The Morgan fingerprint density at radius 1 is 0.933 bits per heavy atom. The van der Waals surface area contributed by atoms with Gasteiger partial charge in [-0.1, -0.05) is 30.3 Å². The van der Waals surface area contributed by atoms with Crippen LogP contribution in [0, 0.1) is 0 Å². The number of hydrogen-bond acceptors (Lipinski definition) is 3. The summed E-state index contributed by atoms with van der Waals surface area (Å²) in [6, 6.07) is 20.3. The molecule has 1 aromatic heterocycles. The van der Waals surface area contributed by atoms with Crippen LogP contribution in [0.15, 0.2) is 71.6 Å². The normalized spacial score (nSPS) is 12.0. The number of sulfone groups is 1. The number of fused-ring (bicyclic) bond motifs is 3. The van der Waals surface area contributed by atoms with Gasteiger partial charge < -0.3 is 9.88 Å². The third-order valence-electron chi connectivity index (χ3n) is 5.41. The first-order chi connectivity index (χ1) is 14.3. The van der Waals surface area contributed by atoms with Gasteiger partial charge in [-0.25, -0.2) is 8.42 Å². The molecule has 1 heterocycles. The topological polar surface area (TPSA) is 68.2 Å². The maximum Gasteiger partial charge on any atom is 0.256 e. The quantitative estimate of drug-likeness (QED) is 0.479. The number of carbonyl (C=O) groups is 1. The van der Waals surface area contributed by atoms with Crippen LogP contribution < -0.4 is 5.32 Å². The van der Waals surface area contributed by atoms with Crippen LogP contribution in [-0.4, -0.2) is 24.1 Å². The van der Waals surface area contributed by atoms with E-state index in [0.29, 0.717) is 5.69 Å². The second kappa shape index (κ2) is 7.61. The van der Waals surface area contributed by atoms with E-state index in [-0.39, 0.29) is 10.5 Å². The van der Waals surface area contributed by atoms with E-state index in [9.17, 15) is 13.2 Å². The Morgan fingerprint density at radius 2 is 1.60 bits per heavy atom.